The number of hydrogen-bond donors (Lipinski definition) is 1. The number of nitrogens with zero attached hydrogens (tertiary/aromatic N) is 2. The van der Waals surface area contributed by atoms with E-state index in [1.54, 1.807) is 41.3 Å². The largest absolute Gasteiger partial charge is 0.350 e. The Kier molecular flexibility index (Phi) is 5.52. The molecule has 1 unspecified atom stereocenters. The lowest BCUT2D eigenvalue weighted by Gasteiger charge is -2.23. The molecule has 2 aromatic rings. The number of rotatable bonds is 5. The molecule has 0 aromatic heterocycles. The Morgan fingerprint density at radius 1 is 1.15 bits per heavy atom. The molecule has 0 aliphatic carbocycles. The van der Waals surface area contributed by atoms with Crippen molar-refractivity contribution in [1.29, 1.82) is 0 Å². The number of carbonyl (C=O) groups excluding carboxylic acids is 2. The van der Waals surface area contributed by atoms with Crippen LogP contribution in [0.25, 0.3) is 0 Å². The van der Waals surface area contributed by atoms with Crippen LogP contribution in [0.5, 0.6) is 0 Å². The van der Waals surface area contributed by atoms with Gasteiger partial charge in [0.2, 0.25) is 5.91 Å². The van der Waals surface area contributed by atoms with Gasteiger partial charge < -0.3 is 10.2 Å². The fraction of sp³-hybridized carbons (Fsp3) is 0.222. The summed E-state index contributed by atoms with van der Waals surface area (Å²) in [5.74, 6) is 0.636. The predicted molar refractivity (Wildman–Crippen MR) is 98.7 cm³/mol. The Morgan fingerprint density at radius 2 is 1.85 bits per heavy atom. The highest BCUT2D eigenvalue weighted by molar-refractivity contribution is 7.99. The minimum absolute atomic E-state index is 0.00639. The summed E-state index contributed by atoms with van der Waals surface area (Å²) in [7, 11) is 0. The number of benzene rings is 2. The van der Waals surface area contributed by atoms with Gasteiger partial charge in [-0.3, -0.25) is 19.7 Å². The second kappa shape index (κ2) is 8.01. The molecule has 1 heterocycles. The van der Waals surface area contributed by atoms with Crippen LogP contribution in [0.15, 0.2) is 54.6 Å². The summed E-state index contributed by atoms with van der Waals surface area (Å²) in [6.07, 6.45) is 0. The first-order valence-corrected chi connectivity index (χ1v) is 9.16. The number of amides is 2. The maximum absolute atomic E-state index is 12.6. The summed E-state index contributed by atoms with van der Waals surface area (Å²) < 4.78 is 0. The first kappa shape index (κ1) is 17.9. The van der Waals surface area contributed by atoms with Crippen molar-refractivity contribution in [2.24, 2.45) is 0 Å². The van der Waals surface area contributed by atoms with Crippen molar-refractivity contribution < 1.29 is 14.5 Å². The second-order valence-corrected chi connectivity index (χ2v) is 6.80. The lowest BCUT2D eigenvalue weighted by atomic mass is 10.1. The Balaban J connectivity index is 1.61. The summed E-state index contributed by atoms with van der Waals surface area (Å²) in [6.45, 7) is 0.255. The standard InChI is InChI=1S/C18H17N3O4S/c22-17(19-10-13-6-8-15(9-7-13)21(24)25)16-11-26-12-20(16)18(23)14-4-2-1-3-5-14/h1-9,16H,10-12H2,(H,19,22). The molecule has 2 amide bonds. The minimum atomic E-state index is -0.522. The molecule has 1 saturated heterocycles. The van der Waals surface area contributed by atoms with Gasteiger partial charge in [-0.15, -0.1) is 11.8 Å². The van der Waals surface area contributed by atoms with E-state index in [2.05, 4.69) is 5.32 Å². The zero-order chi connectivity index (χ0) is 18.5. The van der Waals surface area contributed by atoms with Crippen molar-refractivity contribution in [2.75, 3.05) is 11.6 Å². The zero-order valence-corrected chi connectivity index (χ0v) is 14.6. The molecule has 1 aliphatic heterocycles. The summed E-state index contributed by atoms with van der Waals surface area (Å²) >= 11 is 1.54. The number of nitro groups is 1. The fourth-order valence-corrected chi connectivity index (χ4v) is 3.80. The highest BCUT2D eigenvalue weighted by atomic mass is 32.2. The van der Waals surface area contributed by atoms with Crippen molar-refractivity contribution in [1.82, 2.24) is 10.2 Å². The van der Waals surface area contributed by atoms with Gasteiger partial charge in [-0.1, -0.05) is 30.3 Å². The second-order valence-electron chi connectivity index (χ2n) is 5.80. The number of non-ortho nitro benzene ring substituents is 1. The summed E-state index contributed by atoms with van der Waals surface area (Å²) in [5, 5.41) is 13.5. The molecule has 0 radical (unpaired) electrons. The van der Waals surface area contributed by atoms with Crippen LogP contribution in [0.2, 0.25) is 0 Å². The molecule has 8 heteroatoms. The van der Waals surface area contributed by atoms with Crippen molar-refractivity contribution in [3.8, 4) is 0 Å². The number of hydrogen-bond acceptors (Lipinski definition) is 5. The lowest BCUT2D eigenvalue weighted by molar-refractivity contribution is -0.384. The van der Waals surface area contributed by atoms with Crippen LogP contribution in [-0.4, -0.2) is 39.3 Å². The Labute approximate surface area is 154 Å². The normalized spacial score (nSPS) is 16.3. The smallest absolute Gasteiger partial charge is 0.269 e. The van der Waals surface area contributed by atoms with Crippen molar-refractivity contribution in [3.63, 3.8) is 0 Å². The van der Waals surface area contributed by atoms with Crippen molar-refractivity contribution >= 4 is 29.3 Å². The van der Waals surface area contributed by atoms with E-state index in [-0.39, 0.29) is 24.0 Å². The zero-order valence-electron chi connectivity index (χ0n) is 13.8. The van der Waals surface area contributed by atoms with Crippen LogP contribution in [0.4, 0.5) is 5.69 Å². The fourth-order valence-electron chi connectivity index (χ4n) is 2.65. The van der Waals surface area contributed by atoms with Crippen LogP contribution >= 0.6 is 11.8 Å². The third-order valence-corrected chi connectivity index (χ3v) is 5.09. The highest BCUT2D eigenvalue weighted by Gasteiger charge is 2.34. The van der Waals surface area contributed by atoms with Gasteiger partial charge in [-0.2, -0.15) is 0 Å². The van der Waals surface area contributed by atoms with Crippen LogP contribution in [0.3, 0.4) is 0 Å². The van der Waals surface area contributed by atoms with E-state index in [1.165, 1.54) is 23.9 Å². The quantitative estimate of drug-likeness (QED) is 0.644. The number of carbonyl (C=O) groups is 2. The molecular weight excluding hydrogens is 354 g/mol. The van der Waals surface area contributed by atoms with E-state index >= 15 is 0 Å². The van der Waals surface area contributed by atoms with E-state index in [4.69, 9.17) is 0 Å². The van der Waals surface area contributed by atoms with Gasteiger partial charge in [0.05, 0.1) is 10.8 Å². The summed E-state index contributed by atoms with van der Waals surface area (Å²) in [4.78, 5) is 36.9. The molecule has 3 rings (SSSR count). The number of thioether (sulfide) groups is 1. The van der Waals surface area contributed by atoms with Crippen LogP contribution < -0.4 is 5.32 Å². The van der Waals surface area contributed by atoms with Crippen molar-refractivity contribution in [3.05, 3.63) is 75.8 Å². The van der Waals surface area contributed by atoms with Crippen molar-refractivity contribution in [2.45, 2.75) is 12.6 Å². The van der Waals surface area contributed by atoms with E-state index in [0.29, 0.717) is 17.2 Å². The molecule has 26 heavy (non-hydrogen) atoms. The molecule has 1 atom stereocenters. The first-order chi connectivity index (χ1) is 12.6. The maximum Gasteiger partial charge on any atom is 0.269 e. The van der Waals surface area contributed by atoms with Gasteiger partial charge in [-0.25, -0.2) is 0 Å². The number of nitro benzene ring substituents is 1. The molecule has 0 bridgehead atoms. The van der Waals surface area contributed by atoms with Gasteiger partial charge in [0.1, 0.15) is 6.04 Å². The average molecular weight is 371 g/mol. The van der Waals surface area contributed by atoms with E-state index in [1.807, 2.05) is 6.07 Å². The monoisotopic (exact) mass is 371 g/mol. The SMILES string of the molecule is O=C(NCc1ccc([N+](=O)[O-])cc1)C1CSCN1C(=O)c1ccccc1. The van der Waals surface area contributed by atoms with Crippen LogP contribution in [-0.2, 0) is 11.3 Å². The maximum atomic E-state index is 12.6. The summed E-state index contributed by atoms with van der Waals surface area (Å²) in [5.41, 5.74) is 1.32. The molecule has 2 aromatic carbocycles. The molecule has 7 nitrogen and oxygen atoms in total. The third-order valence-electron chi connectivity index (χ3n) is 4.08. The van der Waals surface area contributed by atoms with E-state index < -0.39 is 11.0 Å². The predicted octanol–water partition coefficient (Wildman–Crippen LogP) is 2.43. The minimum Gasteiger partial charge on any atom is -0.350 e. The Bertz CT molecular complexity index is 811. The molecule has 0 spiro atoms. The van der Waals surface area contributed by atoms with Gasteiger partial charge in [-0.05, 0) is 17.7 Å². The molecule has 134 valence electrons. The van der Waals surface area contributed by atoms with E-state index in [0.717, 1.165) is 5.56 Å². The molecule has 1 aliphatic rings. The molecule has 1 N–H and O–H groups in total. The molecule has 0 saturated carbocycles. The molecule has 1 fully saturated rings. The van der Waals surface area contributed by atoms with Gasteiger partial charge in [0.25, 0.3) is 11.6 Å². The van der Waals surface area contributed by atoms with E-state index in [9.17, 15) is 19.7 Å². The number of nitrogens with one attached hydrogen (secondary N) is 1. The summed E-state index contributed by atoms with van der Waals surface area (Å²) in [6, 6.07) is 14.4. The topological polar surface area (TPSA) is 92.5 Å². The third kappa shape index (κ3) is 4.02. The Morgan fingerprint density at radius 3 is 2.50 bits per heavy atom. The first-order valence-electron chi connectivity index (χ1n) is 8.01. The van der Waals surface area contributed by atoms with Gasteiger partial charge in [0.15, 0.2) is 0 Å². The average Bonchev–Trinajstić information content (AvgIpc) is 3.16. The van der Waals surface area contributed by atoms with Gasteiger partial charge in [0, 0.05) is 30.0 Å². The Hall–Kier alpha value is -2.87. The van der Waals surface area contributed by atoms with Crippen LogP contribution in [0, 0.1) is 10.1 Å². The van der Waals surface area contributed by atoms with Gasteiger partial charge >= 0.3 is 0 Å². The van der Waals surface area contributed by atoms with Crippen LogP contribution in [0.1, 0.15) is 15.9 Å². The molecular formula is C18H17N3O4S. The highest BCUT2D eigenvalue weighted by Crippen LogP contribution is 2.23. The lowest BCUT2D eigenvalue weighted by Crippen LogP contribution is -2.47.